The van der Waals surface area contributed by atoms with E-state index in [4.69, 9.17) is 14.9 Å². The van der Waals surface area contributed by atoms with Crippen molar-refractivity contribution in [3.63, 3.8) is 0 Å². The zero-order valence-corrected chi connectivity index (χ0v) is 15.3. The number of fused-ring (bicyclic) bond motifs is 1. The Hall–Kier alpha value is -2.75. The van der Waals surface area contributed by atoms with Gasteiger partial charge in [-0.25, -0.2) is 4.79 Å². The molecule has 0 bridgehead atoms. The maximum atomic E-state index is 12.5. The van der Waals surface area contributed by atoms with Gasteiger partial charge in [-0.05, 0) is 39.0 Å². The van der Waals surface area contributed by atoms with E-state index in [9.17, 15) is 9.59 Å². The summed E-state index contributed by atoms with van der Waals surface area (Å²) in [6.07, 6.45) is -0.633. The number of thioether (sulfide) groups is 1. The quantitative estimate of drug-likeness (QED) is 0.726. The van der Waals surface area contributed by atoms with Crippen LogP contribution in [0.5, 0.6) is 0 Å². The zero-order valence-electron chi connectivity index (χ0n) is 14.5. The largest absolute Gasteiger partial charge is 0.444 e. The highest BCUT2D eigenvalue weighted by Gasteiger charge is 2.28. The molecule has 1 aliphatic rings. The number of anilines is 2. The van der Waals surface area contributed by atoms with Gasteiger partial charge in [0.25, 0.3) is 0 Å². The molecule has 26 heavy (non-hydrogen) atoms. The molecule has 2 aromatic rings. The number of nitrogens with one attached hydrogen (secondary N) is 2. The van der Waals surface area contributed by atoms with Crippen LogP contribution in [0.15, 0.2) is 27.5 Å². The number of alkyl carbamates (subject to hydrolysis) is 1. The maximum absolute atomic E-state index is 12.5. The number of rotatable bonds is 2. The third kappa shape index (κ3) is 4.26. The van der Waals surface area contributed by atoms with Crippen molar-refractivity contribution < 1.29 is 18.7 Å². The van der Waals surface area contributed by atoms with E-state index in [1.54, 1.807) is 32.9 Å². The van der Waals surface area contributed by atoms with Crippen molar-refractivity contribution >= 4 is 35.5 Å². The monoisotopic (exact) mass is 377 g/mol. The Balaban J connectivity index is 1.74. The molecule has 0 fully saturated rings. The number of hydrogen-bond donors (Lipinski definition) is 3. The molecular formula is C16H19N5O4S. The molecule has 1 aromatic carbocycles. The van der Waals surface area contributed by atoms with Gasteiger partial charge in [0.1, 0.15) is 11.6 Å². The lowest BCUT2D eigenvalue weighted by Crippen LogP contribution is -2.46. The second-order valence-corrected chi connectivity index (χ2v) is 7.72. The maximum Gasteiger partial charge on any atom is 0.408 e. The smallest absolute Gasteiger partial charge is 0.408 e. The lowest BCUT2D eigenvalue weighted by molar-refractivity contribution is -0.117. The molecule has 2 amide bonds. The minimum absolute atomic E-state index is 0.0324. The molecule has 0 saturated heterocycles. The molecule has 0 unspecified atom stereocenters. The fraction of sp³-hybridized carbons (Fsp3) is 0.375. The van der Waals surface area contributed by atoms with Gasteiger partial charge in [0.15, 0.2) is 0 Å². The molecule has 4 N–H and O–H groups in total. The summed E-state index contributed by atoms with van der Waals surface area (Å²) in [5.41, 5.74) is 6.04. The topological polar surface area (TPSA) is 132 Å². The molecule has 3 rings (SSSR count). The first-order valence-electron chi connectivity index (χ1n) is 7.88. The highest BCUT2D eigenvalue weighted by Crippen LogP contribution is 2.34. The third-order valence-electron chi connectivity index (χ3n) is 3.34. The van der Waals surface area contributed by atoms with Crippen LogP contribution in [-0.2, 0) is 9.53 Å². The molecule has 138 valence electrons. The van der Waals surface area contributed by atoms with Crippen LogP contribution >= 0.6 is 11.8 Å². The van der Waals surface area contributed by atoms with Crippen molar-refractivity contribution in [2.24, 2.45) is 0 Å². The van der Waals surface area contributed by atoms with Crippen LogP contribution in [0.25, 0.3) is 11.5 Å². The van der Waals surface area contributed by atoms with E-state index in [1.807, 2.05) is 6.07 Å². The molecule has 9 nitrogen and oxygen atoms in total. The first-order valence-corrected chi connectivity index (χ1v) is 8.86. The Morgan fingerprint density at radius 2 is 2.19 bits per heavy atom. The van der Waals surface area contributed by atoms with Gasteiger partial charge in [-0.3, -0.25) is 4.79 Å². The highest BCUT2D eigenvalue weighted by molar-refractivity contribution is 7.99. The summed E-state index contributed by atoms with van der Waals surface area (Å²) in [5, 5.41) is 12.9. The summed E-state index contributed by atoms with van der Waals surface area (Å²) in [6, 6.07) is 4.61. The van der Waals surface area contributed by atoms with Crippen molar-refractivity contribution in [1.29, 1.82) is 0 Å². The number of amides is 2. The van der Waals surface area contributed by atoms with E-state index in [-0.39, 0.29) is 17.8 Å². The van der Waals surface area contributed by atoms with Crippen LogP contribution in [0.4, 0.5) is 16.5 Å². The van der Waals surface area contributed by atoms with Crippen LogP contribution in [0.1, 0.15) is 20.8 Å². The number of aromatic nitrogens is 2. The van der Waals surface area contributed by atoms with E-state index in [1.165, 1.54) is 11.8 Å². The van der Waals surface area contributed by atoms with Crippen molar-refractivity contribution in [3.8, 4) is 11.5 Å². The predicted octanol–water partition coefficient (Wildman–Crippen LogP) is 2.26. The Labute approximate surface area is 154 Å². The fourth-order valence-corrected chi connectivity index (χ4v) is 3.27. The van der Waals surface area contributed by atoms with Crippen molar-refractivity contribution in [1.82, 2.24) is 15.5 Å². The van der Waals surface area contributed by atoms with Gasteiger partial charge >= 0.3 is 12.1 Å². The van der Waals surface area contributed by atoms with Crippen LogP contribution in [-0.4, -0.2) is 39.6 Å². The number of nitrogens with zero attached hydrogens (tertiary/aromatic N) is 2. The molecular weight excluding hydrogens is 358 g/mol. The van der Waals surface area contributed by atoms with E-state index in [2.05, 4.69) is 20.8 Å². The molecule has 1 aliphatic heterocycles. The molecule has 1 atom stereocenters. The standard InChI is InChI=1S/C16H19N5O4S/c1-16(2,3)25-15(23)19-10-7-26-11-5-4-8(6-9(11)18-12(10)22)13-20-21-14(17)24-13/h4-6,10H,7H2,1-3H3,(H2,17,21)(H,18,22)(H,19,23)/t10-/m0/s1. The fourth-order valence-electron chi connectivity index (χ4n) is 2.26. The average Bonchev–Trinajstić information content (AvgIpc) is 2.90. The van der Waals surface area contributed by atoms with Crippen molar-refractivity contribution in [2.45, 2.75) is 37.3 Å². The van der Waals surface area contributed by atoms with Gasteiger partial charge in [-0.2, -0.15) is 0 Å². The van der Waals surface area contributed by atoms with Crippen LogP contribution in [0, 0.1) is 0 Å². The Morgan fingerprint density at radius 1 is 1.42 bits per heavy atom. The minimum atomic E-state index is -0.718. The van der Waals surface area contributed by atoms with Gasteiger partial charge in [-0.15, -0.1) is 16.9 Å². The number of carbonyl (C=O) groups is 2. The van der Waals surface area contributed by atoms with E-state index < -0.39 is 17.7 Å². The first-order chi connectivity index (χ1) is 12.2. The number of nitrogens with two attached hydrogens (primary N) is 1. The molecule has 2 heterocycles. The first kappa shape index (κ1) is 18.1. The summed E-state index contributed by atoms with van der Waals surface area (Å²) in [7, 11) is 0. The van der Waals surface area contributed by atoms with E-state index >= 15 is 0 Å². The van der Waals surface area contributed by atoms with Gasteiger partial charge in [0.2, 0.25) is 11.8 Å². The lowest BCUT2D eigenvalue weighted by atomic mass is 10.2. The van der Waals surface area contributed by atoms with Gasteiger partial charge < -0.3 is 25.5 Å². The van der Waals surface area contributed by atoms with Gasteiger partial charge in [0.05, 0.1) is 5.69 Å². The third-order valence-corrected chi connectivity index (χ3v) is 4.50. The zero-order chi connectivity index (χ0) is 18.9. The molecule has 10 heteroatoms. The Bertz CT molecular complexity index is 845. The number of benzene rings is 1. The number of hydrogen-bond acceptors (Lipinski definition) is 8. The van der Waals surface area contributed by atoms with Gasteiger partial charge in [-0.1, -0.05) is 5.10 Å². The SMILES string of the molecule is CC(C)(C)OC(=O)N[C@H]1CSc2ccc(-c3nnc(N)o3)cc2NC1=O. The lowest BCUT2D eigenvalue weighted by Gasteiger charge is -2.22. The minimum Gasteiger partial charge on any atom is -0.444 e. The van der Waals surface area contributed by atoms with Crippen LogP contribution in [0.2, 0.25) is 0 Å². The molecule has 0 aliphatic carbocycles. The normalized spacial score (nSPS) is 17.0. The molecule has 0 saturated carbocycles. The summed E-state index contributed by atoms with van der Waals surface area (Å²) in [4.78, 5) is 25.3. The molecule has 1 aromatic heterocycles. The summed E-state index contributed by atoms with van der Waals surface area (Å²) in [6.45, 7) is 5.28. The highest BCUT2D eigenvalue weighted by atomic mass is 32.2. The number of carbonyl (C=O) groups excluding carboxylic acids is 2. The average molecular weight is 377 g/mol. The summed E-state index contributed by atoms with van der Waals surface area (Å²) < 4.78 is 10.4. The Morgan fingerprint density at radius 3 is 2.85 bits per heavy atom. The number of nitrogen functional groups attached to an aromatic ring is 1. The van der Waals surface area contributed by atoms with Crippen LogP contribution in [0.3, 0.4) is 0 Å². The second kappa shape index (κ2) is 6.87. The van der Waals surface area contributed by atoms with Crippen molar-refractivity contribution in [3.05, 3.63) is 18.2 Å². The number of ether oxygens (including phenoxy) is 1. The van der Waals surface area contributed by atoms with Gasteiger partial charge in [0, 0.05) is 16.2 Å². The van der Waals surface area contributed by atoms with Crippen molar-refractivity contribution in [2.75, 3.05) is 16.8 Å². The second-order valence-electron chi connectivity index (χ2n) is 6.66. The molecule has 0 spiro atoms. The summed E-state index contributed by atoms with van der Waals surface area (Å²) >= 11 is 1.45. The summed E-state index contributed by atoms with van der Waals surface area (Å²) in [5.74, 6) is 0.312. The molecule has 0 radical (unpaired) electrons. The Kier molecular flexibility index (Phi) is 4.77. The predicted molar refractivity (Wildman–Crippen MR) is 96.7 cm³/mol. The van der Waals surface area contributed by atoms with Crippen LogP contribution < -0.4 is 16.4 Å². The van der Waals surface area contributed by atoms with E-state index in [0.717, 1.165) is 4.90 Å². The van der Waals surface area contributed by atoms with E-state index in [0.29, 0.717) is 17.0 Å².